The Balaban J connectivity index is 1.10. The Morgan fingerprint density at radius 3 is 1.17 bits per heavy atom. The first kappa shape index (κ1) is 46.9. The first-order chi connectivity index (χ1) is 32.5. The number of hydrogen-bond acceptors (Lipinski definition) is 12. The smallest absolute Gasteiger partial charge is 0.338 e. The van der Waals surface area contributed by atoms with E-state index in [4.69, 9.17) is 42.6 Å². The van der Waals surface area contributed by atoms with Crippen molar-refractivity contribution in [2.75, 3.05) is 13.2 Å². The van der Waals surface area contributed by atoms with Crippen LogP contribution >= 0.6 is 0 Å². The van der Waals surface area contributed by atoms with E-state index in [9.17, 15) is 15.0 Å². The zero-order valence-corrected chi connectivity index (χ0v) is 36.5. The summed E-state index contributed by atoms with van der Waals surface area (Å²) in [5, 5.41) is 22.7. The molecule has 0 spiro atoms. The molecule has 2 aliphatic rings. The lowest BCUT2D eigenvalue weighted by molar-refractivity contribution is -0.342. The van der Waals surface area contributed by atoms with Crippen LogP contribution in [0.15, 0.2) is 182 Å². The maximum Gasteiger partial charge on any atom is 0.338 e. The molecule has 12 heteroatoms. The summed E-state index contributed by atoms with van der Waals surface area (Å²) in [4.78, 5) is 14.0. The average Bonchev–Trinajstić information content (AvgIpc) is 3.37. The van der Waals surface area contributed by atoms with Gasteiger partial charge in [0.2, 0.25) is 0 Å². The molecule has 2 N–H and O–H groups in total. The van der Waals surface area contributed by atoms with E-state index >= 15 is 0 Å². The van der Waals surface area contributed by atoms with Crippen molar-refractivity contribution in [2.45, 2.75) is 94.4 Å². The van der Waals surface area contributed by atoms with E-state index in [1.807, 2.05) is 152 Å². The van der Waals surface area contributed by atoms with Gasteiger partial charge in [-0.25, -0.2) is 4.79 Å². The fourth-order valence-electron chi connectivity index (χ4n) is 8.06. The summed E-state index contributed by atoms with van der Waals surface area (Å²) in [6.07, 6.45) is -10.6. The normalized spacial score (nSPS) is 25.2. The molecule has 2 heterocycles. The highest BCUT2D eigenvalue weighted by Crippen LogP contribution is 2.34. The van der Waals surface area contributed by atoms with Crippen molar-refractivity contribution in [2.24, 2.45) is 0 Å². The van der Waals surface area contributed by atoms with Crippen molar-refractivity contribution in [3.05, 3.63) is 215 Å². The summed E-state index contributed by atoms with van der Waals surface area (Å²) >= 11 is 0. The van der Waals surface area contributed by atoms with E-state index in [0.717, 1.165) is 27.8 Å². The molecule has 0 bridgehead atoms. The quantitative estimate of drug-likeness (QED) is 0.0689. The molecule has 2 aliphatic heterocycles. The van der Waals surface area contributed by atoms with Crippen molar-refractivity contribution in [1.29, 1.82) is 0 Å². The van der Waals surface area contributed by atoms with Crippen LogP contribution in [-0.4, -0.2) is 90.8 Å². The maximum atomic E-state index is 14.0. The number of carbonyl (C=O) groups excluding carboxylic acids is 1. The van der Waals surface area contributed by atoms with Gasteiger partial charge >= 0.3 is 5.97 Å². The topological polar surface area (TPSA) is 141 Å². The summed E-state index contributed by atoms with van der Waals surface area (Å²) < 4.78 is 58.8. The first-order valence-corrected chi connectivity index (χ1v) is 22.3. The molecular weight excluding hydrogens is 841 g/mol. The third kappa shape index (κ3) is 12.8. The molecule has 344 valence electrons. The Labute approximate surface area is 385 Å². The van der Waals surface area contributed by atoms with E-state index in [1.165, 1.54) is 0 Å². The van der Waals surface area contributed by atoms with Gasteiger partial charge in [-0.05, 0) is 39.9 Å². The van der Waals surface area contributed by atoms with Crippen LogP contribution in [0.25, 0.3) is 0 Å². The zero-order valence-electron chi connectivity index (χ0n) is 36.5. The minimum atomic E-state index is -1.47. The molecule has 6 aromatic carbocycles. The Bertz CT molecular complexity index is 2290. The van der Waals surface area contributed by atoms with Gasteiger partial charge in [-0.15, -0.1) is 0 Å². The lowest BCUT2D eigenvalue weighted by Crippen LogP contribution is -2.64. The Morgan fingerprint density at radius 2 is 0.758 bits per heavy atom. The number of hydrogen-bond donors (Lipinski definition) is 2. The number of aliphatic hydroxyl groups is 2. The molecule has 6 aromatic rings. The molecular formula is C54H56O12. The second-order valence-electron chi connectivity index (χ2n) is 16.2. The third-order valence-electron chi connectivity index (χ3n) is 11.5. The van der Waals surface area contributed by atoms with E-state index in [2.05, 4.69) is 0 Å². The summed E-state index contributed by atoms with van der Waals surface area (Å²) in [5.74, 6) is -0.642. The van der Waals surface area contributed by atoms with Crippen LogP contribution in [0.5, 0.6) is 0 Å². The van der Waals surface area contributed by atoms with Crippen LogP contribution in [0.4, 0.5) is 0 Å². The lowest BCUT2D eigenvalue weighted by Gasteiger charge is -2.47. The summed E-state index contributed by atoms with van der Waals surface area (Å²) in [7, 11) is 0. The standard InChI is InChI=1S/C54H56O12/c55-31-44-46(58-32-38-19-7-1-8-20-38)49(61-35-41-25-13-4-14-26-41)51(66-52(56)43-29-17-6-18-30-43)54(65-44)63-37-45-47(59-33-39-21-9-2-10-22-39)48(60-34-40-23-11-3-12-24-40)50(53(57)64-45)62-36-42-27-15-5-16-28-42/h1-30,44-51,53-55,57H,31-37H2/t44-,45-,46-,47-,48+,49+,50-,51-,53+,54-/m1/s1. The molecule has 0 amide bonds. The number of rotatable bonds is 21. The minimum Gasteiger partial charge on any atom is -0.450 e. The SMILES string of the molecule is O=C(O[C@H]1[C@H](OC[C@H]2O[C@H](O)[C@H](OCc3ccccc3)[C@@H](OCc3ccccc3)[C@@H]2OCc2ccccc2)O[C@H](CO)[C@@H](OCc2ccccc2)[C@@H]1OCc1ccccc1)c1ccccc1. The molecule has 8 rings (SSSR count). The first-order valence-electron chi connectivity index (χ1n) is 22.3. The molecule has 12 nitrogen and oxygen atoms in total. The van der Waals surface area contributed by atoms with Gasteiger partial charge in [0.15, 0.2) is 18.7 Å². The zero-order chi connectivity index (χ0) is 45.3. The van der Waals surface area contributed by atoms with E-state index in [0.29, 0.717) is 5.56 Å². The molecule has 2 saturated heterocycles. The predicted molar refractivity (Wildman–Crippen MR) is 243 cm³/mol. The molecule has 10 atom stereocenters. The number of esters is 1. The number of benzene rings is 6. The second kappa shape index (κ2) is 24.2. The molecule has 0 aromatic heterocycles. The van der Waals surface area contributed by atoms with E-state index in [-0.39, 0.29) is 39.6 Å². The van der Waals surface area contributed by atoms with Gasteiger partial charge in [-0.1, -0.05) is 170 Å². The summed E-state index contributed by atoms with van der Waals surface area (Å²) in [5.41, 5.74) is 4.77. The van der Waals surface area contributed by atoms with Crippen LogP contribution in [0.3, 0.4) is 0 Å². The van der Waals surface area contributed by atoms with E-state index in [1.54, 1.807) is 30.3 Å². The van der Waals surface area contributed by atoms with E-state index < -0.39 is 74.0 Å². The summed E-state index contributed by atoms with van der Waals surface area (Å²) in [6.45, 7) is 0.116. The third-order valence-corrected chi connectivity index (χ3v) is 11.5. The van der Waals surface area contributed by atoms with Crippen molar-refractivity contribution < 1.29 is 57.6 Å². The number of ether oxygens (including phenoxy) is 9. The van der Waals surface area contributed by atoms with Crippen molar-refractivity contribution in [3.63, 3.8) is 0 Å². The molecule has 0 saturated carbocycles. The maximum absolute atomic E-state index is 14.0. The second-order valence-corrected chi connectivity index (χ2v) is 16.2. The van der Waals surface area contributed by atoms with Crippen molar-refractivity contribution >= 4 is 5.97 Å². The Kier molecular flexibility index (Phi) is 17.2. The van der Waals surface area contributed by atoms with Gasteiger partial charge in [0.05, 0.1) is 51.8 Å². The van der Waals surface area contributed by atoms with Gasteiger partial charge in [0.1, 0.15) is 42.7 Å². The fraction of sp³-hybridized carbons (Fsp3) is 0.315. The van der Waals surface area contributed by atoms with Crippen LogP contribution in [-0.2, 0) is 75.7 Å². The van der Waals surface area contributed by atoms with Gasteiger partial charge < -0.3 is 52.8 Å². The molecule has 66 heavy (non-hydrogen) atoms. The average molecular weight is 897 g/mol. The lowest BCUT2D eigenvalue weighted by atomic mass is 9.97. The van der Waals surface area contributed by atoms with Crippen molar-refractivity contribution in [3.8, 4) is 0 Å². The molecule has 2 fully saturated rings. The monoisotopic (exact) mass is 896 g/mol. The van der Waals surface area contributed by atoms with Crippen LogP contribution in [0.2, 0.25) is 0 Å². The Morgan fingerprint density at radius 1 is 0.409 bits per heavy atom. The highest BCUT2D eigenvalue weighted by molar-refractivity contribution is 5.89. The van der Waals surface area contributed by atoms with Gasteiger partial charge in [-0.2, -0.15) is 0 Å². The molecule has 0 radical (unpaired) electrons. The van der Waals surface area contributed by atoms with Crippen LogP contribution in [0.1, 0.15) is 38.2 Å². The highest BCUT2D eigenvalue weighted by atomic mass is 16.7. The fourth-order valence-corrected chi connectivity index (χ4v) is 8.06. The van der Waals surface area contributed by atoms with Crippen LogP contribution in [0, 0.1) is 0 Å². The number of carbonyl (C=O) groups is 1. The Hall–Kier alpha value is -5.61. The van der Waals surface area contributed by atoms with Gasteiger partial charge in [-0.3, -0.25) is 0 Å². The predicted octanol–water partition coefficient (Wildman–Crippen LogP) is 7.59. The van der Waals surface area contributed by atoms with Gasteiger partial charge in [0.25, 0.3) is 0 Å². The minimum absolute atomic E-state index is 0.124. The van der Waals surface area contributed by atoms with Crippen LogP contribution < -0.4 is 0 Å². The van der Waals surface area contributed by atoms with Crippen molar-refractivity contribution in [1.82, 2.24) is 0 Å². The molecule has 0 unspecified atom stereocenters. The number of aliphatic hydroxyl groups excluding tert-OH is 2. The van der Waals surface area contributed by atoms with Gasteiger partial charge in [0, 0.05) is 0 Å². The highest BCUT2D eigenvalue weighted by Gasteiger charge is 2.52. The molecule has 0 aliphatic carbocycles. The summed E-state index contributed by atoms with van der Waals surface area (Å²) in [6, 6.07) is 56.8. The largest absolute Gasteiger partial charge is 0.450 e.